The molecule has 0 heterocycles. The number of nitrogens with zero attached hydrogens (tertiary/aromatic N) is 1. The van der Waals surface area contributed by atoms with E-state index in [1.807, 2.05) is 0 Å². The summed E-state index contributed by atoms with van der Waals surface area (Å²) in [6.07, 6.45) is 5.25. The van der Waals surface area contributed by atoms with Crippen molar-refractivity contribution in [1.29, 1.82) is 0 Å². The molecular formula is C19H32N2. The third kappa shape index (κ3) is 3.49. The predicted molar refractivity (Wildman–Crippen MR) is 91.6 cm³/mol. The van der Waals surface area contributed by atoms with Crippen LogP contribution in [0.2, 0.25) is 0 Å². The van der Waals surface area contributed by atoms with Crippen LogP contribution in [0.5, 0.6) is 0 Å². The van der Waals surface area contributed by atoms with E-state index < -0.39 is 0 Å². The maximum absolute atomic E-state index is 3.78. The van der Waals surface area contributed by atoms with Gasteiger partial charge in [-0.05, 0) is 64.7 Å². The summed E-state index contributed by atoms with van der Waals surface area (Å²) in [6.45, 7) is 7.80. The van der Waals surface area contributed by atoms with Gasteiger partial charge in [-0.1, -0.05) is 43.7 Å². The zero-order valence-corrected chi connectivity index (χ0v) is 14.4. The van der Waals surface area contributed by atoms with Gasteiger partial charge in [0.15, 0.2) is 0 Å². The summed E-state index contributed by atoms with van der Waals surface area (Å²) in [5, 5.41) is 3.78. The molecule has 1 fully saturated rings. The molecule has 0 aliphatic heterocycles. The Kier molecular flexibility index (Phi) is 5.45. The van der Waals surface area contributed by atoms with Crippen LogP contribution in [-0.2, 0) is 0 Å². The molecule has 0 radical (unpaired) electrons. The molecule has 0 bridgehead atoms. The van der Waals surface area contributed by atoms with Crippen molar-refractivity contribution in [2.24, 2.45) is 5.92 Å². The van der Waals surface area contributed by atoms with Gasteiger partial charge in [0.2, 0.25) is 0 Å². The summed E-state index contributed by atoms with van der Waals surface area (Å²) >= 11 is 0. The van der Waals surface area contributed by atoms with Crippen LogP contribution in [0.15, 0.2) is 24.3 Å². The maximum atomic E-state index is 3.78. The largest absolute Gasteiger partial charge is 0.309 e. The Labute approximate surface area is 130 Å². The smallest absolute Gasteiger partial charge is 0.0506 e. The molecule has 0 spiro atoms. The van der Waals surface area contributed by atoms with E-state index in [1.54, 1.807) is 0 Å². The molecule has 1 aromatic carbocycles. The van der Waals surface area contributed by atoms with Gasteiger partial charge < -0.3 is 10.2 Å². The van der Waals surface area contributed by atoms with Gasteiger partial charge in [0.05, 0.1) is 6.04 Å². The molecule has 0 amide bonds. The minimum Gasteiger partial charge on any atom is -0.309 e. The zero-order chi connectivity index (χ0) is 15.5. The highest BCUT2D eigenvalue weighted by Crippen LogP contribution is 2.43. The number of hydrogen-bond acceptors (Lipinski definition) is 2. The summed E-state index contributed by atoms with van der Waals surface area (Å²) in [5.41, 5.74) is 3.02. The highest BCUT2D eigenvalue weighted by molar-refractivity contribution is 5.27. The Balaban J connectivity index is 2.35. The lowest BCUT2D eigenvalue weighted by Gasteiger charge is -2.50. The van der Waals surface area contributed by atoms with Crippen LogP contribution < -0.4 is 5.32 Å². The Morgan fingerprint density at radius 1 is 1.19 bits per heavy atom. The van der Waals surface area contributed by atoms with Crippen LogP contribution in [0.25, 0.3) is 0 Å². The van der Waals surface area contributed by atoms with Gasteiger partial charge in [-0.2, -0.15) is 0 Å². The lowest BCUT2D eigenvalue weighted by Crippen LogP contribution is -2.55. The molecule has 1 unspecified atom stereocenters. The summed E-state index contributed by atoms with van der Waals surface area (Å²) in [7, 11) is 4.52. The number of benzene rings is 1. The third-order valence-electron chi connectivity index (χ3n) is 5.39. The first kappa shape index (κ1) is 16.5. The average Bonchev–Trinajstić information content (AvgIpc) is 2.47. The summed E-state index contributed by atoms with van der Waals surface area (Å²) in [6, 6.07) is 9.53. The molecule has 1 aliphatic carbocycles. The van der Waals surface area contributed by atoms with Crippen LogP contribution in [0.1, 0.15) is 56.7 Å². The summed E-state index contributed by atoms with van der Waals surface area (Å²) in [5.74, 6) is 0.873. The van der Waals surface area contributed by atoms with Crippen molar-refractivity contribution in [1.82, 2.24) is 10.2 Å². The Morgan fingerprint density at radius 2 is 1.76 bits per heavy atom. The topological polar surface area (TPSA) is 15.3 Å². The minimum atomic E-state index is 0.248. The molecule has 2 heteroatoms. The van der Waals surface area contributed by atoms with Gasteiger partial charge in [0.1, 0.15) is 0 Å². The first-order valence-corrected chi connectivity index (χ1v) is 8.47. The zero-order valence-electron chi connectivity index (χ0n) is 14.4. The first-order chi connectivity index (χ1) is 9.99. The molecule has 21 heavy (non-hydrogen) atoms. The van der Waals surface area contributed by atoms with E-state index in [0.717, 1.165) is 12.5 Å². The fourth-order valence-corrected chi connectivity index (χ4v) is 3.84. The molecular weight excluding hydrogens is 256 g/mol. The molecule has 2 nitrogen and oxygen atoms in total. The SMILES string of the molecule is CCNC(c1ccc(C)cc1)C1(N(C)C)CCC(C)CC1. The quantitative estimate of drug-likeness (QED) is 0.875. The van der Waals surface area contributed by atoms with Crippen molar-refractivity contribution in [2.75, 3.05) is 20.6 Å². The predicted octanol–water partition coefficient (Wildman–Crippen LogP) is 4.16. The minimum absolute atomic E-state index is 0.248. The van der Waals surface area contributed by atoms with Crippen LogP contribution in [0.3, 0.4) is 0 Å². The molecule has 2 rings (SSSR count). The Hall–Kier alpha value is -0.860. The van der Waals surface area contributed by atoms with E-state index in [-0.39, 0.29) is 5.54 Å². The van der Waals surface area contributed by atoms with E-state index in [0.29, 0.717) is 6.04 Å². The molecule has 1 aromatic rings. The van der Waals surface area contributed by atoms with Crippen LogP contribution >= 0.6 is 0 Å². The first-order valence-electron chi connectivity index (χ1n) is 8.47. The van der Waals surface area contributed by atoms with Gasteiger partial charge in [-0.25, -0.2) is 0 Å². The summed E-state index contributed by atoms with van der Waals surface area (Å²) in [4.78, 5) is 2.48. The van der Waals surface area contributed by atoms with Crippen LogP contribution in [-0.4, -0.2) is 31.1 Å². The van der Waals surface area contributed by atoms with Gasteiger partial charge in [0.25, 0.3) is 0 Å². The monoisotopic (exact) mass is 288 g/mol. The maximum Gasteiger partial charge on any atom is 0.0506 e. The fourth-order valence-electron chi connectivity index (χ4n) is 3.84. The molecule has 1 saturated carbocycles. The Bertz CT molecular complexity index is 427. The van der Waals surface area contributed by atoms with Crippen molar-refractivity contribution in [3.8, 4) is 0 Å². The molecule has 1 N–H and O–H groups in total. The number of hydrogen-bond donors (Lipinski definition) is 1. The second kappa shape index (κ2) is 6.93. The van der Waals surface area contributed by atoms with E-state index in [4.69, 9.17) is 0 Å². The van der Waals surface area contributed by atoms with Gasteiger partial charge in [-0.3, -0.25) is 0 Å². The number of rotatable bonds is 5. The lowest BCUT2D eigenvalue weighted by molar-refractivity contribution is 0.0434. The van der Waals surface area contributed by atoms with Crippen molar-refractivity contribution in [3.63, 3.8) is 0 Å². The number of likely N-dealkylation sites (N-methyl/N-ethyl adjacent to an activating group) is 2. The second-order valence-corrected chi connectivity index (χ2v) is 7.08. The van der Waals surface area contributed by atoms with Crippen molar-refractivity contribution in [2.45, 2.75) is 58.0 Å². The molecule has 118 valence electrons. The fraction of sp³-hybridized carbons (Fsp3) is 0.684. The van der Waals surface area contributed by atoms with Gasteiger partial charge in [-0.15, -0.1) is 0 Å². The second-order valence-electron chi connectivity index (χ2n) is 7.08. The van der Waals surface area contributed by atoms with E-state index in [1.165, 1.54) is 36.8 Å². The van der Waals surface area contributed by atoms with Crippen molar-refractivity contribution >= 4 is 0 Å². The van der Waals surface area contributed by atoms with Gasteiger partial charge in [0, 0.05) is 5.54 Å². The molecule has 0 aromatic heterocycles. The van der Waals surface area contributed by atoms with Gasteiger partial charge >= 0.3 is 0 Å². The van der Waals surface area contributed by atoms with Crippen LogP contribution in [0.4, 0.5) is 0 Å². The third-order valence-corrected chi connectivity index (χ3v) is 5.39. The molecule has 0 saturated heterocycles. The molecule has 1 atom stereocenters. The Morgan fingerprint density at radius 3 is 2.24 bits per heavy atom. The van der Waals surface area contributed by atoms with Crippen LogP contribution in [0, 0.1) is 12.8 Å². The lowest BCUT2D eigenvalue weighted by atomic mass is 9.70. The van der Waals surface area contributed by atoms with E-state index in [9.17, 15) is 0 Å². The van der Waals surface area contributed by atoms with E-state index >= 15 is 0 Å². The number of aryl methyl sites for hydroxylation is 1. The highest BCUT2D eigenvalue weighted by Gasteiger charge is 2.43. The van der Waals surface area contributed by atoms with E-state index in [2.05, 4.69) is 69.3 Å². The summed E-state index contributed by atoms with van der Waals surface area (Å²) < 4.78 is 0. The molecule has 1 aliphatic rings. The van der Waals surface area contributed by atoms with Crippen molar-refractivity contribution < 1.29 is 0 Å². The average molecular weight is 288 g/mol. The standard InChI is InChI=1S/C19H32N2/c1-6-20-18(17-9-7-15(2)8-10-17)19(21(4)5)13-11-16(3)12-14-19/h7-10,16,18,20H,6,11-14H2,1-5H3. The van der Waals surface area contributed by atoms with Crippen molar-refractivity contribution in [3.05, 3.63) is 35.4 Å². The normalized spacial score (nSPS) is 27.8. The number of nitrogens with one attached hydrogen (secondary N) is 1. The highest BCUT2D eigenvalue weighted by atomic mass is 15.2.